The third kappa shape index (κ3) is 9.41. The topological polar surface area (TPSA) is 37.0 Å². The molecule has 0 amide bonds. The number of fused-ring (bicyclic) bond motifs is 1. The minimum Gasteiger partial charge on any atom is -0.380 e. The molecule has 1 fully saturated rings. The number of hydrogen-bond donors (Lipinski definition) is 1. The van der Waals surface area contributed by atoms with Crippen LogP contribution in [0.25, 0.3) is 5.57 Å². The first-order valence-electron chi connectivity index (χ1n) is 20.7. The Morgan fingerprint density at radius 2 is 1.09 bits per heavy atom. The molecule has 1 saturated carbocycles. The summed E-state index contributed by atoms with van der Waals surface area (Å²) in [6, 6.07) is 49.9. The van der Waals surface area contributed by atoms with E-state index >= 15 is 0 Å². The largest absolute Gasteiger partial charge is 0.380 e. The van der Waals surface area contributed by atoms with Crippen molar-refractivity contribution in [2.45, 2.75) is 70.9 Å². The summed E-state index contributed by atoms with van der Waals surface area (Å²) >= 11 is 0. The average molecular weight is 734 g/mol. The summed E-state index contributed by atoms with van der Waals surface area (Å²) in [6.07, 6.45) is 8.80. The molecule has 2 aliphatic carbocycles. The van der Waals surface area contributed by atoms with Crippen molar-refractivity contribution in [2.75, 3.05) is 49.3 Å². The lowest BCUT2D eigenvalue weighted by atomic mass is 9.75. The lowest BCUT2D eigenvalue weighted by Gasteiger charge is -2.37. The van der Waals surface area contributed by atoms with Crippen molar-refractivity contribution in [3.05, 3.63) is 162 Å². The van der Waals surface area contributed by atoms with Crippen LogP contribution in [0.15, 0.2) is 140 Å². The number of para-hydroxylation sites is 2. The fraction of sp³-hybridized carbons (Fsp3) is 0.360. The smallest absolute Gasteiger partial charge is 0.0645 e. The first-order chi connectivity index (χ1) is 27.1. The number of ether oxygens (including phenoxy) is 2. The fourth-order valence-corrected chi connectivity index (χ4v) is 8.67. The van der Waals surface area contributed by atoms with E-state index in [1.165, 1.54) is 76.3 Å². The maximum atomic E-state index is 5.82. The van der Waals surface area contributed by atoms with Crippen LogP contribution in [-0.4, -0.2) is 45.6 Å². The van der Waals surface area contributed by atoms with E-state index in [4.69, 9.17) is 9.47 Å². The van der Waals surface area contributed by atoms with Gasteiger partial charge in [0.15, 0.2) is 0 Å². The van der Waals surface area contributed by atoms with Crippen LogP contribution in [0, 0.1) is 5.92 Å². The Labute approximate surface area is 330 Å². The predicted octanol–water partition coefficient (Wildman–Crippen LogP) is 11.9. The normalized spacial score (nSPS) is 18.1. The highest BCUT2D eigenvalue weighted by molar-refractivity contribution is 5.79. The van der Waals surface area contributed by atoms with Gasteiger partial charge in [-0.2, -0.15) is 0 Å². The van der Waals surface area contributed by atoms with Crippen molar-refractivity contribution in [3.63, 3.8) is 0 Å². The fourth-order valence-electron chi connectivity index (χ4n) is 8.67. The standard InChI is InChI=1S/C50H59N3O2/c1-4-54-36-34-52(41-17-8-6-9-18-41)43-28-24-39(25-29-43)50(40-26-30-44(31-27-40)53(35-37-55-5-2)42-19-10-7-11-20-42)47-32-33-49(46-22-14-13-21-45(46)47)51-48-23-15-12-16-38(48)3/h6-11,13-14,17-22,24-32,38,48-51H,4-5,12,15-16,23,33-37H2,1-3H3. The molecule has 0 aromatic heterocycles. The summed E-state index contributed by atoms with van der Waals surface area (Å²) in [7, 11) is 0. The Hall–Kier alpha value is -4.68. The van der Waals surface area contributed by atoms with E-state index in [1.807, 2.05) is 0 Å². The van der Waals surface area contributed by atoms with Crippen LogP contribution < -0.4 is 15.1 Å². The van der Waals surface area contributed by atoms with Crippen LogP contribution in [0.1, 0.15) is 87.1 Å². The van der Waals surface area contributed by atoms with E-state index in [9.17, 15) is 0 Å². The second-order valence-electron chi connectivity index (χ2n) is 15.1. The van der Waals surface area contributed by atoms with Crippen molar-refractivity contribution in [3.8, 4) is 0 Å². The number of benzene rings is 5. The highest BCUT2D eigenvalue weighted by Gasteiger charge is 2.31. The number of rotatable bonds is 17. The number of nitrogens with one attached hydrogen (secondary N) is 1. The monoisotopic (exact) mass is 733 g/mol. The molecule has 0 saturated heterocycles. The lowest BCUT2D eigenvalue weighted by Crippen LogP contribution is -2.40. The van der Waals surface area contributed by atoms with E-state index in [2.05, 4.69) is 175 Å². The van der Waals surface area contributed by atoms with Crippen molar-refractivity contribution < 1.29 is 9.47 Å². The molecule has 1 N–H and O–H groups in total. The van der Waals surface area contributed by atoms with Gasteiger partial charge in [-0.1, -0.05) is 111 Å². The van der Waals surface area contributed by atoms with Gasteiger partial charge in [0.05, 0.1) is 13.2 Å². The maximum absolute atomic E-state index is 5.82. The zero-order valence-electron chi connectivity index (χ0n) is 33.1. The molecule has 0 heterocycles. The van der Waals surface area contributed by atoms with Crippen LogP contribution in [0.2, 0.25) is 0 Å². The third-order valence-corrected chi connectivity index (χ3v) is 11.6. The molecule has 3 unspecified atom stereocenters. The molecular weight excluding hydrogens is 675 g/mol. The van der Waals surface area contributed by atoms with Crippen molar-refractivity contribution in [1.29, 1.82) is 0 Å². The van der Waals surface area contributed by atoms with E-state index in [-0.39, 0.29) is 5.92 Å². The zero-order chi connectivity index (χ0) is 37.8. The summed E-state index contributed by atoms with van der Waals surface area (Å²) in [5.41, 5.74) is 11.4. The van der Waals surface area contributed by atoms with Gasteiger partial charge in [-0.25, -0.2) is 0 Å². The highest BCUT2D eigenvalue weighted by Crippen LogP contribution is 2.45. The van der Waals surface area contributed by atoms with Gasteiger partial charge < -0.3 is 24.6 Å². The number of allylic oxidation sites excluding steroid dienone is 1. The van der Waals surface area contributed by atoms with Gasteiger partial charge in [0, 0.05) is 67.1 Å². The molecular formula is C50H59N3O2. The van der Waals surface area contributed by atoms with Gasteiger partial charge in [0.1, 0.15) is 0 Å². The number of hydrogen-bond acceptors (Lipinski definition) is 5. The molecule has 5 aromatic carbocycles. The maximum Gasteiger partial charge on any atom is 0.0645 e. The SMILES string of the molecule is CCOCCN(c1ccccc1)c1ccc(C(C2=CCC(NC3CCCCC3C)c3ccccc32)c2ccc(N(CCOCC)c3ccccc3)cc2)cc1. The summed E-state index contributed by atoms with van der Waals surface area (Å²) < 4.78 is 11.6. The highest BCUT2D eigenvalue weighted by atomic mass is 16.5. The average Bonchev–Trinajstić information content (AvgIpc) is 3.24. The predicted molar refractivity (Wildman–Crippen MR) is 231 cm³/mol. The summed E-state index contributed by atoms with van der Waals surface area (Å²) in [5, 5.41) is 4.14. The molecule has 0 aliphatic heterocycles. The molecule has 5 nitrogen and oxygen atoms in total. The minimum absolute atomic E-state index is 0.0704. The lowest BCUT2D eigenvalue weighted by molar-refractivity contribution is 0.155. The zero-order valence-corrected chi connectivity index (χ0v) is 33.1. The second kappa shape index (κ2) is 19.3. The van der Waals surface area contributed by atoms with E-state index < -0.39 is 0 Å². The Balaban J connectivity index is 1.26. The van der Waals surface area contributed by atoms with Gasteiger partial charge in [-0.05, 0) is 115 Å². The molecule has 0 bridgehead atoms. The number of anilines is 4. The first kappa shape index (κ1) is 38.6. The Kier molecular flexibility index (Phi) is 13.5. The Bertz CT molecular complexity index is 1830. The van der Waals surface area contributed by atoms with Crippen LogP contribution in [-0.2, 0) is 9.47 Å². The van der Waals surface area contributed by atoms with Gasteiger partial charge in [-0.3, -0.25) is 0 Å². The molecule has 0 spiro atoms. The second-order valence-corrected chi connectivity index (χ2v) is 15.1. The van der Waals surface area contributed by atoms with Crippen LogP contribution in [0.4, 0.5) is 22.7 Å². The molecule has 7 rings (SSSR count). The van der Waals surface area contributed by atoms with Crippen LogP contribution >= 0.6 is 0 Å². The van der Waals surface area contributed by atoms with Crippen molar-refractivity contribution >= 4 is 28.3 Å². The molecule has 5 heteroatoms. The summed E-state index contributed by atoms with van der Waals surface area (Å²) in [5.74, 6) is 0.782. The van der Waals surface area contributed by atoms with Gasteiger partial charge in [-0.15, -0.1) is 0 Å². The van der Waals surface area contributed by atoms with E-state index in [0.29, 0.717) is 44.4 Å². The molecule has 55 heavy (non-hydrogen) atoms. The molecule has 3 atom stereocenters. The van der Waals surface area contributed by atoms with Gasteiger partial charge >= 0.3 is 0 Å². The van der Waals surface area contributed by atoms with Crippen molar-refractivity contribution in [1.82, 2.24) is 5.32 Å². The number of nitrogens with zero attached hydrogens (tertiary/aromatic N) is 2. The molecule has 286 valence electrons. The molecule has 0 radical (unpaired) electrons. The molecule has 5 aromatic rings. The molecule has 2 aliphatic rings. The summed E-state index contributed by atoms with van der Waals surface area (Å²) in [6.45, 7) is 10.9. The van der Waals surface area contributed by atoms with Crippen molar-refractivity contribution in [2.24, 2.45) is 5.92 Å². The summed E-state index contributed by atoms with van der Waals surface area (Å²) in [4.78, 5) is 4.72. The quantitative estimate of drug-likeness (QED) is 0.0963. The van der Waals surface area contributed by atoms with Gasteiger partial charge in [0.25, 0.3) is 0 Å². The van der Waals surface area contributed by atoms with E-state index in [1.54, 1.807) is 0 Å². The first-order valence-corrected chi connectivity index (χ1v) is 20.7. The van der Waals surface area contributed by atoms with Crippen LogP contribution in [0.5, 0.6) is 0 Å². The van der Waals surface area contributed by atoms with Crippen LogP contribution in [0.3, 0.4) is 0 Å². The van der Waals surface area contributed by atoms with E-state index in [0.717, 1.165) is 19.5 Å². The Morgan fingerprint density at radius 1 is 0.600 bits per heavy atom. The third-order valence-electron chi connectivity index (χ3n) is 11.6. The minimum atomic E-state index is 0.0704. The Morgan fingerprint density at radius 3 is 1.62 bits per heavy atom. The van der Waals surface area contributed by atoms with Gasteiger partial charge in [0.2, 0.25) is 0 Å².